The highest BCUT2D eigenvalue weighted by atomic mass is 16.6. The predicted molar refractivity (Wildman–Crippen MR) is 71.8 cm³/mol. The maximum absolute atomic E-state index is 12.1. The van der Waals surface area contributed by atoms with Crippen LogP contribution in [0, 0.1) is 27.4 Å². The summed E-state index contributed by atoms with van der Waals surface area (Å²) in [6, 6.07) is 3.63. The number of hydrogen-bond acceptors (Lipinski definition) is 5. The molecule has 8 heteroatoms. The number of aliphatic carboxylic acids is 1. The summed E-state index contributed by atoms with van der Waals surface area (Å²) in [4.78, 5) is 33.3. The van der Waals surface area contributed by atoms with E-state index in [4.69, 9.17) is 5.11 Å². The summed E-state index contributed by atoms with van der Waals surface area (Å²) in [6.07, 6.45) is 0. The number of anilines is 1. The van der Waals surface area contributed by atoms with E-state index in [9.17, 15) is 24.8 Å². The van der Waals surface area contributed by atoms with Crippen molar-refractivity contribution in [2.24, 2.45) is 17.3 Å². The molecule has 0 saturated heterocycles. The molecule has 1 aliphatic rings. The van der Waals surface area contributed by atoms with Crippen LogP contribution in [0.1, 0.15) is 13.8 Å². The number of rotatable bonds is 4. The monoisotopic (exact) mass is 294 g/mol. The summed E-state index contributed by atoms with van der Waals surface area (Å²) >= 11 is 0. The number of nitro benzene ring substituents is 1. The Morgan fingerprint density at radius 1 is 1.33 bits per heavy atom. The van der Waals surface area contributed by atoms with Gasteiger partial charge in [-0.2, -0.15) is 0 Å². The van der Waals surface area contributed by atoms with E-state index in [1.807, 2.05) is 0 Å². The molecule has 1 aromatic carbocycles. The molecule has 2 atom stereocenters. The molecule has 0 bridgehead atoms. The maximum atomic E-state index is 12.1. The van der Waals surface area contributed by atoms with Crippen LogP contribution in [-0.4, -0.2) is 27.0 Å². The van der Waals surface area contributed by atoms with Gasteiger partial charge >= 0.3 is 5.97 Å². The van der Waals surface area contributed by atoms with Crippen LogP contribution in [0.25, 0.3) is 0 Å². The number of nitrogens with zero attached hydrogens (tertiary/aromatic N) is 1. The molecular formula is C13H14N2O6. The van der Waals surface area contributed by atoms with Crippen molar-refractivity contribution >= 4 is 23.3 Å². The van der Waals surface area contributed by atoms with E-state index >= 15 is 0 Å². The second-order valence-electron chi connectivity index (χ2n) is 5.53. The first-order valence-corrected chi connectivity index (χ1v) is 6.18. The van der Waals surface area contributed by atoms with E-state index in [1.54, 1.807) is 13.8 Å². The third-order valence-electron chi connectivity index (χ3n) is 3.84. The zero-order valence-corrected chi connectivity index (χ0v) is 11.4. The van der Waals surface area contributed by atoms with E-state index < -0.39 is 45.5 Å². The van der Waals surface area contributed by atoms with Crippen molar-refractivity contribution in [2.45, 2.75) is 13.8 Å². The summed E-state index contributed by atoms with van der Waals surface area (Å²) < 4.78 is 0. The SMILES string of the molecule is CC1(C)[C@H](C(=O)O)[C@@H]1C(=O)Nc1c(O)cccc1[N+](=O)[O-]. The number of nitrogens with one attached hydrogen (secondary N) is 1. The van der Waals surface area contributed by atoms with Crippen LogP contribution in [0.4, 0.5) is 11.4 Å². The molecule has 1 saturated carbocycles. The van der Waals surface area contributed by atoms with Crippen LogP contribution in [0.3, 0.4) is 0 Å². The molecule has 1 aliphatic carbocycles. The van der Waals surface area contributed by atoms with Gasteiger partial charge in [0.05, 0.1) is 16.8 Å². The van der Waals surface area contributed by atoms with Crippen molar-refractivity contribution in [1.82, 2.24) is 0 Å². The molecule has 112 valence electrons. The van der Waals surface area contributed by atoms with E-state index in [0.29, 0.717) is 0 Å². The van der Waals surface area contributed by atoms with Crippen LogP contribution in [0.15, 0.2) is 18.2 Å². The fourth-order valence-corrected chi connectivity index (χ4v) is 2.60. The molecule has 0 unspecified atom stereocenters. The second kappa shape index (κ2) is 4.72. The van der Waals surface area contributed by atoms with E-state index in [1.165, 1.54) is 12.1 Å². The van der Waals surface area contributed by atoms with E-state index in [0.717, 1.165) is 6.07 Å². The van der Waals surface area contributed by atoms with Crippen molar-refractivity contribution in [2.75, 3.05) is 5.32 Å². The van der Waals surface area contributed by atoms with Crippen LogP contribution in [0.5, 0.6) is 5.75 Å². The quantitative estimate of drug-likeness (QED) is 0.439. The molecule has 0 aliphatic heterocycles. The van der Waals surface area contributed by atoms with Gasteiger partial charge in [-0.15, -0.1) is 0 Å². The lowest BCUT2D eigenvalue weighted by atomic mass is 10.1. The summed E-state index contributed by atoms with van der Waals surface area (Å²) in [7, 11) is 0. The minimum Gasteiger partial charge on any atom is -0.505 e. The number of carboxylic acid groups (broad SMARTS) is 1. The van der Waals surface area contributed by atoms with Crippen molar-refractivity contribution in [3.8, 4) is 5.75 Å². The van der Waals surface area contributed by atoms with Crippen molar-refractivity contribution in [3.05, 3.63) is 28.3 Å². The molecule has 0 spiro atoms. The van der Waals surface area contributed by atoms with Gasteiger partial charge in [0.15, 0.2) is 5.69 Å². The van der Waals surface area contributed by atoms with Gasteiger partial charge < -0.3 is 15.5 Å². The number of amides is 1. The number of phenols is 1. The lowest BCUT2D eigenvalue weighted by Gasteiger charge is -2.08. The molecule has 2 rings (SSSR count). The van der Waals surface area contributed by atoms with Gasteiger partial charge in [0.25, 0.3) is 5.69 Å². The Labute approximate surface area is 119 Å². The Balaban J connectivity index is 2.26. The van der Waals surface area contributed by atoms with Crippen LogP contribution < -0.4 is 5.32 Å². The van der Waals surface area contributed by atoms with Gasteiger partial charge in [-0.25, -0.2) is 0 Å². The standard InChI is InChI=1S/C13H14N2O6/c1-13(2)8(9(13)12(18)19)11(17)14-10-6(15(20)21)4-3-5-7(10)16/h3-5,8-9,16H,1-2H3,(H,14,17)(H,18,19)/t8-,9+/m1/s1. The first kappa shape index (κ1) is 14.8. The molecule has 0 heterocycles. The highest BCUT2D eigenvalue weighted by Crippen LogP contribution is 2.58. The van der Waals surface area contributed by atoms with Crippen LogP contribution >= 0.6 is 0 Å². The molecule has 1 aromatic rings. The average molecular weight is 294 g/mol. The Kier molecular flexibility index (Phi) is 3.32. The number of benzene rings is 1. The zero-order chi connectivity index (χ0) is 15.9. The number of carbonyl (C=O) groups is 2. The Morgan fingerprint density at radius 3 is 2.43 bits per heavy atom. The fourth-order valence-electron chi connectivity index (χ4n) is 2.60. The van der Waals surface area contributed by atoms with E-state index in [-0.39, 0.29) is 5.69 Å². The number of para-hydroxylation sites is 1. The summed E-state index contributed by atoms with van der Waals surface area (Å²) in [5.41, 5.74) is -1.50. The number of aromatic hydroxyl groups is 1. The smallest absolute Gasteiger partial charge is 0.307 e. The fraction of sp³-hybridized carbons (Fsp3) is 0.385. The lowest BCUT2D eigenvalue weighted by molar-refractivity contribution is -0.384. The number of hydrogen-bond donors (Lipinski definition) is 3. The summed E-state index contributed by atoms with van der Waals surface area (Å²) in [5, 5.41) is 31.9. The Hall–Kier alpha value is -2.64. The topological polar surface area (TPSA) is 130 Å². The Bertz CT molecular complexity index is 640. The summed E-state index contributed by atoms with van der Waals surface area (Å²) in [6.45, 7) is 3.27. The normalized spacial score (nSPS) is 22.4. The average Bonchev–Trinajstić information content (AvgIpc) is 2.94. The third-order valence-corrected chi connectivity index (χ3v) is 3.84. The van der Waals surface area contributed by atoms with Crippen LogP contribution in [-0.2, 0) is 9.59 Å². The first-order chi connectivity index (χ1) is 9.67. The minimum atomic E-state index is -1.09. The molecule has 1 fully saturated rings. The molecule has 0 aromatic heterocycles. The Morgan fingerprint density at radius 2 is 1.95 bits per heavy atom. The van der Waals surface area contributed by atoms with Gasteiger partial charge in [0.1, 0.15) is 5.75 Å². The highest BCUT2D eigenvalue weighted by Gasteiger charge is 2.66. The highest BCUT2D eigenvalue weighted by molar-refractivity contribution is 6.02. The first-order valence-electron chi connectivity index (χ1n) is 6.18. The summed E-state index contributed by atoms with van der Waals surface area (Å²) in [5.74, 6) is -3.83. The second-order valence-corrected chi connectivity index (χ2v) is 5.53. The zero-order valence-electron chi connectivity index (χ0n) is 11.4. The molecule has 1 amide bonds. The van der Waals surface area contributed by atoms with Gasteiger partial charge in [-0.3, -0.25) is 19.7 Å². The number of phenolic OH excluding ortho intramolecular Hbond substituents is 1. The van der Waals surface area contributed by atoms with E-state index in [2.05, 4.69) is 5.32 Å². The van der Waals surface area contributed by atoms with Gasteiger partial charge in [-0.1, -0.05) is 19.9 Å². The molecule has 21 heavy (non-hydrogen) atoms. The minimum absolute atomic E-state index is 0.320. The van der Waals surface area contributed by atoms with Crippen molar-refractivity contribution in [3.63, 3.8) is 0 Å². The molecule has 8 nitrogen and oxygen atoms in total. The largest absolute Gasteiger partial charge is 0.505 e. The number of carbonyl (C=O) groups excluding carboxylic acids is 1. The van der Waals surface area contributed by atoms with Crippen molar-refractivity contribution in [1.29, 1.82) is 0 Å². The van der Waals surface area contributed by atoms with Gasteiger partial charge in [0.2, 0.25) is 5.91 Å². The van der Waals surface area contributed by atoms with Crippen molar-refractivity contribution < 1.29 is 24.7 Å². The lowest BCUT2D eigenvalue weighted by Crippen LogP contribution is -2.18. The predicted octanol–water partition coefficient (Wildman–Crippen LogP) is 1.60. The van der Waals surface area contributed by atoms with Gasteiger partial charge in [-0.05, 0) is 11.5 Å². The molecular weight excluding hydrogens is 280 g/mol. The molecule has 0 radical (unpaired) electrons. The number of carboxylic acids is 1. The van der Waals surface area contributed by atoms with Crippen LogP contribution in [0.2, 0.25) is 0 Å². The van der Waals surface area contributed by atoms with Gasteiger partial charge in [0, 0.05) is 6.07 Å². The molecule has 3 N–H and O–H groups in total. The third kappa shape index (κ3) is 2.39. The number of nitro groups is 1. The maximum Gasteiger partial charge on any atom is 0.307 e.